The first-order valence-electron chi connectivity index (χ1n) is 9.92. The lowest BCUT2D eigenvalue weighted by molar-refractivity contribution is -0.149. The highest BCUT2D eigenvalue weighted by Gasteiger charge is 2.50. The van der Waals surface area contributed by atoms with Gasteiger partial charge in [-0.2, -0.15) is 0 Å². The molecule has 1 aromatic heterocycles. The van der Waals surface area contributed by atoms with Gasteiger partial charge in [-0.05, 0) is 49.2 Å². The summed E-state index contributed by atoms with van der Waals surface area (Å²) in [5.74, 6) is -1.81. The second-order valence-corrected chi connectivity index (χ2v) is 7.29. The van der Waals surface area contributed by atoms with E-state index in [1.807, 2.05) is 4.90 Å². The number of anilines is 1. The summed E-state index contributed by atoms with van der Waals surface area (Å²) in [5, 5.41) is 0. The van der Waals surface area contributed by atoms with Gasteiger partial charge in [0.15, 0.2) is 5.76 Å². The van der Waals surface area contributed by atoms with Crippen molar-refractivity contribution in [3.63, 3.8) is 0 Å². The third-order valence-electron chi connectivity index (χ3n) is 5.56. The molecule has 0 aliphatic carbocycles. The lowest BCUT2D eigenvalue weighted by Crippen LogP contribution is -2.62. The van der Waals surface area contributed by atoms with Crippen LogP contribution in [0, 0.1) is 5.82 Å². The molecule has 1 amide bonds. The molecule has 2 aromatic rings. The molecule has 8 nitrogen and oxygen atoms in total. The van der Waals surface area contributed by atoms with E-state index in [9.17, 15) is 18.8 Å². The minimum Gasteiger partial charge on any atom is -0.469 e. The highest BCUT2D eigenvalue weighted by Crippen LogP contribution is 2.36. The summed E-state index contributed by atoms with van der Waals surface area (Å²) in [6.45, 7) is 1.39. The number of ether oxygens (including phenoxy) is 2. The van der Waals surface area contributed by atoms with Crippen LogP contribution in [0.15, 0.2) is 47.1 Å². The van der Waals surface area contributed by atoms with Crippen LogP contribution in [0.1, 0.15) is 29.8 Å². The lowest BCUT2D eigenvalue weighted by atomic mass is 9.84. The standard InChI is InChI=1S/C22H25FN2O6/c1-29-19(26)9-12-24-13-10-22(11-14-24,21(28)30-2)25(17-7-5-16(23)6-8-17)20(27)18-4-3-15-31-18/h3-8,15H,9-14H2,1-2H3. The average Bonchev–Trinajstić information content (AvgIpc) is 3.34. The Kier molecular flexibility index (Phi) is 7.06. The van der Waals surface area contributed by atoms with Crippen molar-refractivity contribution in [2.45, 2.75) is 24.8 Å². The highest BCUT2D eigenvalue weighted by molar-refractivity contribution is 6.09. The number of esters is 2. The van der Waals surface area contributed by atoms with Crippen LogP contribution >= 0.6 is 0 Å². The quantitative estimate of drug-likeness (QED) is 0.622. The topological polar surface area (TPSA) is 89.3 Å². The van der Waals surface area contributed by atoms with Gasteiger partial charge in [0.2, 0.25) is 0 Å². The number of carbonyl (C=O) groups excluding carboxylic acids is 3. The van der Waals surface area contributed by atoms with Gasteiger partial charge in [0.25, 0.3) is 5.91 Å². The zero-order valence-electron chi connectivity index (χ0n) is 17.5. The molecular formula is C22H25FN2O6. The Morgan fingerprint density at radius 3 is 2.32 bits per heavy atom. The molecule has 0 saturated carbocycles. The first-order valence-corrected chi connectivity index (χ1v) is 9.92. The van der Waals surface area contributed by atoms with Crippen molar-refractivity contribution in [1.29, 1.82) is 0 Å². The van der Waals surface area contributed by atoms with Gasteiger partial charge in [-0.15, -0.1) is 0 Å². The maximum atomic E-state index is 13.6. The fourth-order valence-electron chi connectivity index (χ4n) is 3.87. The number of hydrogen-bond donors (Lipinski definition) is 0. The van der Waals surface area contributed by atoms with E-state index in [1.165, 1.54) is 55.7 Å². The summed E-state index contributed by atoms with van der Waals surface area (Å²) >= 11 is 0. The number of piperidine rings is 1. The van der Waals surface area contributed by atoms with Crippen molar-refractivity contribution in [3.05, 3.63) is 54.2 Å². The number of amides is 1. The molecule has 3 rings (SSSR count). The molecule has 1 aromatic carbocycles. The Morgan fingerprint density at radius 2 is 1.77 bits per heavy atom. The normalized spacial score (nSPS) is 15.8. The highest BCUT2D eigenvalue weighted by atomic mass is 19.1. The van der Waals surface area contributed by atoms with Crippen molar-refractivity contribution < 1.29 is 32.7 Å². The molecule has 0 radical (unpaired) electrons. The number of halogens is 1. The van der Waals surface area contributed by atoms with Crippen molar-refractivity contribution in [3.8, 4) is 0 Å². The van der Waals surface area contributed by atoms with E-state index in [2.05, 4.69) is 4.74 Å². The Balaban J connectivity index is 1.94. The second kappa shape index (κ2) is 9.74. The van der Waals surface area contributed by atoms with Gasteiger partial charge in [0, 0.05) is 25.3 Å². The molecule has 31 heavy (non-hydrogen) atoms. The summed E-state index contributed by atoms with van der Waals surface area (Å²) in [7, 11) is 2.61. The molecule has 1 fully saturated rings. The number of rotatable bonds is 7. The van der Waals surface area contributed by atoms with E-state index < -0.39 is 23.2 Å². The summed E-state index contributed by atoms with van der Waals surface area (Å²) in [6.07, 6.45) is 2.14. The molecule has 0 unspecified atom stereocenters. The Bertz CT molecular complexity index is 905. The van der Waals surface area contributed by atoms with E-state index in [0.29, 0.717) is 25.3 Å². The summed E-state index contributed by atoms with van der Waals surface area (Å²) in [4.78, 5) is 41.3. The number of nitrogens with zero attached hydrogens (tertiary/aromatic N) is 2. The monoisotopic (exact) mass is 432 g/mol. The van der Waals surface area contributed by atoms with Gasteiger partial charge in [-0.1, -0.05) is 0 Å². The van der Waals surface area contributed by atoms with E-state index in [0.717, 1.165) is 0 Å². The van der Waals surface area contributed by atoms with Crippen LogP contribution in [0.4, 0.5) is 10.1 Å². The minimum absolute atomic E-state index is 0.0562. The van der Waals surface area contributed by atoms with Gasteiger partial charge in [-0.3, -0.25) is 14.5 Å². The van der Waals surface area contributed by atoms with Crippen LogP contribution in [0.2, 0.25) is 0 Å². The van der Waals surface area contributed by atoms with Crippen LogP contribution < -0.4 is 4.90 Å². The first kappa shape index (κ1) is 22.5. The molecule has 0 spiro atoms. The smallest absolute Gasteiger partial charge is 0.332 e. The predicted molar refractivity (Wildman–Crippen MR) is 109 cm³/mol. The molecule has 1 aliphatic heterocycles. The number of furan rings is 1. The van der Waals surface area contributed by atoms with E-state index in [4.69, 9.17) is 9.15 Å². The SMILES string of the molecule is COC(=O)CCN1CCC(C(=O)OC)(N(C(=O)c2ccco2)c2ccc(F)cc2)CC1. The molecular weight excluding hydrogens is 407 g/mol. The zero-order valence-corrected chi connectivity index (χ0v) is 17.5. The molecule has 1 aliphatic rings. The van der Waals surface area contributed by atoms with Crippen LogP contribution in [-0.4, -0.2) is 62.1 Å². The maximum absolute atomic E-state index is 13.6. The molecule has 0 N–H and O–H groups in total. The van der Waals surface area contributed by atoms with E-state index in [-0.39, 0.29) is 31.0 Å². The number of methoxy groups -OCH3 is 2. The van der Waals surface area contributed by atoms with Gasteiger partial charge in [0.1, 0.15) is 11.4 Å². The molecule has 0 bridgehead atoms. The molecule has 0 atom stereocenters. The summed E-state index contributed by atoms with van der Waals surface area (Å²) in [6, 6.07) is 8.45. The Morgan fingerprint density at radius 1 is 1.10 bits per heavy atom. The molecule has 2 heterocycles. The number of carbonyl (C=O) groups is 3. The van der Waals surface area contributed by atoms with Gasteiger partial charge >= 0.3 is 11.9 Å². The Hall–Kier alpha value is -3.20. The minimum atomic E-state index is -1.31. The van der Waals surface area contributed by atoms with Crippen LogP contribution in [-0.2, 0) is 19.1 Å². The van der Waals surface area contributed by atoms with Crippen LogP contribution in [0.5, 0.6) is 0 Å². The second-order valence-electron chi connectivity index (χ2n) is 7.29. The predicted octanol–water partition coefficient (Wildman–Crippen LogP) is 2.64. The van der Waals surface area contributed by atoms with Crippen molar-refractivity contribution in [2.75, 3.05) is 38.8 Å². The van der Waals surface area contributed by atoms with E-state index >= 15 is 0 Å². The van der Waals surface area contributed by atoms with Crippen LogP contribution in [0.3, 0.4) is 0 Å². The summed E-state index contributed by atoms with van der Waals surface area (Å²) < 4.78 is 28.6. The van der Waals surface area contributed by atoms with Crippen molar-refractivity contribution in [1.82, 2.24) is 4.90 Å². The lowest BCUT2D eigenvalue weighted by Gasteiger charge is -2.46. The fourth-order valence-corrected chi connectivity index (χ4v) is 3.87. The van der Waals surface area contributed by atoms with Crippen molar-refractivity contribution >= 4 is 23.5 Å². The summed E-state index contributed by atoms with van der Waals surface area (Å²) in [5.41, 5.74) is -0.950. The van der Waals surface area contributed by atoms with E-state index in [1.54, 1.807) is 6.07 Å². The first-order chi connectivity index (χ1) is 14.9. The third-order valence-corrected chi connectivity index (χ3v) is 5.56. The largest absolute Gasteiger partial charge is 0.469 e. The van der Waals surface area contributed by atoms with Gasteiger partial charge < -0.3 is 18.8 Å². The van der Waals surface area contributed by atoms with Crippen molar-refractivity contribution in [2.24, 2.45) is 0 Å². The fraction of sp³-hybridized carbons (Fsp3) is 0.409. The van der Waals surface area contributed by atoms with Crippen LogP contribution in [0.25, 0.3) is 0 Å². The zero-order chi connectivity index (χ0) is 22.4. The third kappa shape index (κ3) is 4.77. The number of hydrogen-bond acceptors (Lipinski definition) is 7. The van der Waals surface area contributed by atoms with Gasteiger partial charge in [0.05, 0.1) is 26.9 Å². The molecule has 1 saturated heterocycles. The molecule has 9 heteroatoms. The van der Waals surface area contributed by atoms with Gasteiger partial charge in [-0.25, -0.2) is 9.18 Å². The number of likely N-dealkylation sites (tertiary alicyclic amines) is 1. The average molecular weight is 432 g/mol. The number of benzene rings is 1. The maximum Gasteiger partial charge on any atom is 0.332 e. The molecule has 166 valence electrons. The Labute approximate surface area is 179 Å².